The van der Waals surface area contributed by atoms with E-state index in [0.717, 1.165) is 6.42 Å². The highest BCUT2D eigenvalue weighted by Gasteiger charge is 2.06. The number of hydrogen-bond donors (Lipinski definition) is 2. The Hall–Kier alpha value is -1.69. The van der Waals surface area contributed by atoms with Crippen LogP contribution in [0.15, 0.2) is 18.3 Å². The van der Waals surface area contributed by atoms with Crippen molar-refractivity contribution in [1.82, 2.24) is 4.98 Å². The molecule has 1 heterocycles. The molecule has 1 aromatic heterocycles. The molecule has 0 bridgehead atoms. The lowest BCUT2D eigenvalue weighted by Crippen LogP contribution is -2.19. The van der Waals surface area contributed by atoms with Crippen LogP contribution in [0.2, 0.25) is 0 Å². The molecule has 0 fully saturated rings. The fraction of sp³-hybridized carbons (Fsp3) is 0.444. The van der Waals surface area contributed by atoms with E-state index in [-0.39, 0.29) is 11.7 Å². The summed E-state index contributed by atoms with van der Waals surface area (Å²) in [5.74, 6) is 0.626. The number of rotatable bonds is 5. The monoisotopic (exact) mass is 210 g/mol. The number of nitrogens with one attached hydrogen (secondary N) is 1. The van der Waals surface area contributed by atoms with Gasteiger partial charge >= 0.3 is 0 Å². The molecule has 0 aliphatic carbocycles. The first-order valence-electron chi connectivity index (χ1n) is 4.70. The van der Waals surface area contributed by atoms with E-state index < -0.39 is 4.92 Å². The van der Waals surface area contributed by atoms with Crippen molar-refractivity contribution in [3.63, 3.8) is 0 Å². The first-order chi connectivity index (χ1) is 7.13. The zero-order chi connectivity index (χ0) is 11.3. The van der Waals surface area contributed by atoms with Crippen molar-refractivity contribution in [3.8, 4) is 0 Å². The molecule has 0 radical (unpaired) electrons. The molecule has 0 saturated heterocycles. The second-order valence-corrected chi connectivity index (χ2v) is 3.28. The molecule has 0 aliphatic rings. The Labute approximate surface area is 87.7 Å². The van der Waals surface area contributed by atoms with Gasteiger partial charge in [0.2, 0.25) is 0 Å². The van der Waals surface area contributed by atoms with Gasteiger partial charge in [0, 0.05) is 12.1 Å². The van der Waals surface area contributed by atoms with Gasteiger partial charge in [0.1, 0.15) is 12.0 Å². The average Bonchev–Trinajstić information content (AvgIpc) is 2.18. The highest BCUT2D eigenvalue weighted by atomic mass is 16.6. The van der Waals surface area contributed by atoms with E-state index in [1.807, 2.05) is 6.92 Å². The lowest BCUT2D eigenvalue weighted by atomic mass is 10.2. The Balaban J connectivity index is 2.60. The number of nitro groups is 1. The molecule has 82 valence electrons. The van der Waals surface area contributed by atoms with Crippen molar-refractivity contribution in [2.75, 3.05) is 11.9 Å². The van der Waals surface area contributed by atoms with E-state index >= 15 is 0 Å². The lowest BCUT2D eigenvalue weighted by Gasteiger charge is -2.12. The van der Waals surface area contributed by atoms with Gasteiger partial charge in [-0.05, 0) is 26.0 Å². The van der Waals surface area contributed by atoms with Crippen LogP contribution in [0.1, 0.15) is 13.3 Å². The summed E-state index contributed by atoms with van der Waals surface area (Å²) >= 11 is 0. The van der Waals surface area contributed by atoms with Crippen molar-refractivity contribution in [2.24, 2.45) is 5.73 Å². The molecule has 1 rings (SSSR count). The van der Waals surface area contributed by atoms with Crippen LogP contribution < -0.4 is 11.1 Å². The van der Waals surface area contributed by atoms with Gasteiger partial charge < -0.3 is 11.1 Å². The van der Waals surface area contributed by atoms with Crippen LogP contribution in [-0.4, -0.2) is 22.5 Å². The summed E-state index contributed by atoms with van der Waals surface area (Å²) < 4.78 is 0. The highest BCUT2D eigenvalue weighted by molar-refractivity contribution is 5.40. The van der Waals surface area contributed by atoms with Gasteiger partial charge in [-0.15, -0.1) is 0 Å². The molecular formula is C9H14N4O2. The predicted octanol–water partition coefficient (Wildman–Crippen LogP) is 1.14. The first kappa shape index (κ1) is 11.4. The van der Waals surface area contributed by atoms with Crippen LogP contribution in [0.5, 0.6) is 0 Å². The number of hydrogen-bond acceptors (Lipinski definition) is 5. The summed E-state index contributed by atoms with van der Waals surface area (Å²) in [4.78, 5) is 13.8. The molecule has 0 saturated carbocycles. The molecule has 1 atom stereocenters. The molecule has 0 amide bonds. The highest BCUT2D eigenvalue weighted by Crippen LogP contribution is 2.12. The second-order valence-electron chi connectivity index (χ2n) is 3.28. The Kier molecular flexibility index (Phi) is 3.99. The first-order valence-corrected chi connectivity index (χ1v) is 4.70. The third-order valence-electron chi connectivity index (χ3n) is 1.95. The van der Waals surface area contributed by atoms with Crippen molar-refractivity contribution in [1.29, 1.82) is 0 Å². The number of nitrogens with zero attached hydrogens (tertiary/aromatic N) is 2. The normalized spacial score (nSPS) is 12.1. The topological polar surface area (TPSA) is 94.1 Å². The molecular weight excluding hydrogens is 196 g/mol. The minimum absolute atomic E-state index is 0.00738. The van der Waals surface area contributed by atoms with E-state index in [0.29, 0.717) is 12.4 Å². The summed E-state index contributed by atoms with van der Waals surface area (Å²) in [6.45, 7) is 2.58. The zero-order valence-corrected chi connectivity index (χ0v) is 8.51. The molecule has 0 aliphatic heterocycles. The van der Waals surface area contributed by atoms with Crippen molar-refractivity contribution in [3.05, 3.63) is 28.4 Å². The van der Waals surface area contributed by atoms with Gasteiger partial charge in [0.05, 0.1) is 4.92 Å². The van der Waals surface area contributed by atoms with Crippen LogP contribution in [-0.2, 0) is 0 Å². The Morgan fingerprint density at radius 3 is 2.87 bits per heavy atom. The smallest absolute Gasteiger partial charge is 0.287 e. The number of anilines is 1. The standard InChI is InChI=1S/C9H14N4O2/c1-7(4-5-10)12-9-3-2-8(6-11-9)13(14)15/h2-3,6-7H,4-5,10H2,1H3,(H,11,12). The quantitative estimate of drug-likeness (QED) is 0.561. The number of pyridine rings is 1. The molecule has 6 heteroatoms. The summed E-state index contributed by atoms with van der Waals surface area (Å²) in [5.41, 5.74) is 5.39. The SMILES string of the molecule is CC(CCN)Nc1ccc([N+](=O)[O-])cn1. The molecule has 1 aromatic rings. The third-order valence-corrected chi connectivity index (χ3v) is 1.95. The van der Waals surface area contributed by atoms with Gasteiger partial charge in [0.15, 0.2) is 0 Å². The van der Waals surface area contributed by atoms with Gasteiger partial charge in [-0.2, -0.15) is 0 Å². The molecule has 3 N–H and O–H groups in total. The van der Waals surface area contributed by atoms with Gasteiger partial charge in [-0.25, -0.2) is 4.98 Å². The van der Waals surface area contributed by atoms with Gasteiger partial charge in [-0.1, -0.05) is 0 Å². The van der Waals surface area contributed by atoms with Crippen LogP contribution in [0.3, 0.4) is 0 Å². The Bertz CT molecular complexity index is 325. The van der Waals surface area contributed by atoms with E-state index in [9.17, 15) is 10.1 Å². The second kappa shape index (κ2) is 5.26. The van der Waals surface area contributed by atoms with Crippen LogP contribution in [0.4, 0.5) is 11.5 Å². The van der Waals surface area contributed by atoms with Crippen molar-refractivity contribution >= 4 is 11.5 Å². The molecule has 1 unspecified atom stereocenters. The van der Waals surface area contributed by atoms with Crippen LogP contribution in [0, 0.1) is 10.1 Å². The maximum absolute atomic E-state index is 10.4. The fourth-order valence-corrected chi connectivity index (χ4v) is 1.15. The minimum Gasteiger partial charge on any atom is -0.368 e. The average molecular weight is 210 g/mol. The van der Waals surface area contributed by atoms with Crippen LogP contribution in [0.25, 0.3) is 0 Å². The van der Waals surface area contributed by atoms with E-state index in [1.165, 1.54) is 12.3 Å². The maximum atomic E-state index is 10.4. The zero-order valence-electron chi connectivity index (χ0n) is 8.51. The fourth-order valence-electron chi connectivity index (χ4n) is 1.15. The number of aromatic nitrogens is 1. The Morgan fingerprint density at radius 2 is 2.40 bits per heavy atom. The summed E-state index contributed by atoms with van der Waals surface area (Å²) in [6, 6.07) is 3.22. The van der Waals surface area contributed by atoms with Crippen molar-refractivity contribution in [2.45, 2.75) is 19.4 Å². The predicted molar refractivity (Wildman–Crippen MR) is 57.6 cm³/mol. The van der Waals surface area contributed by atoms with Crippen LogP contribution >= 0.6 is 0 Å². The molecule has 0 spiro atoms. The largest absolute Gasteiger partial charge is 0.368 e. The summed E-state index contributed by atoms with van der Waals surface area (Å²) in [5, 5.41) is 13.5. The van der Waals surface area contributed by atoms with E-state index in [2.05, 4.69) is 10.3 Å². The van der Waals surface area contributed by atoms with E-state index in [1.54, 1.807) is 6.07 Å². The maximum Gasteiger partial charge on any atom is 0.287 e. The van der Waals surface area contributed by atoms with Gasteiger partial charge in [0.25, 0.3) is 5.69 Å². The van der Waals surface area contributed by atoms with Crippen molar-refractivity contribution < 1.29 is 4.92 Å². The summed E-state index contributed by atoms with van der Waals surface area (Å²) in [6.07, 6.45) is 2.07. The number of nitrogens with two attached hydrogens (primary N) is 1. The lowest BCUT2D eigenvalue weighted by molar-refractivity contribution is -0.385. The third kappa shape index (κ3) is 3.51. The molecule has 6 nitrogen and oxygen atoms in total. The van der Waals surface area contributed by atoms with Gasteiger partial charge in [-0.3, -0.25) is 10.1 Å². The summed E-state index contributed by atoms with van der Waals surface area (Å²) in [7, 11) is 0. The Morgan fingerprint density at radius 1 is 1.67 bits per heavy atom. The van der Waals surface area contributed by atoms with E-state index in [4.69, 9.17) is 5.73 Å². The molecule has 15 heavy (non-hydrogen) atoms. The minimum atomic E-state index is -0.472. The molecule has 0 aromatic carbocycles.